The Bertz CT molecular complexity index is 1120. The van der Waals surface area contributed by atoms with Crippen LogP contribution in [-0.4, -0.2) is 46.8 Å². The average molecular weight is 457 g/mol. The molecule has 0 fully saturated rings. The number of pyridine rings is 1. The molecule has 3 rings (SSSR count). The molecule has 1 heterocycles. The number of nitrogens with zero attached hydrogens (tertiary/aromatic N) is 2. The first kappa shape index (κ1) is 23.4. The molecule has 0 saturated carbocycles. The second-order valence-corrected chi connectivity index (χ2v) is 8.86. The number of nitrogens with two attached hydrogens (primary N) is 1. The summed E-state index contributed by atoms with van der Waals surface area (Å²) in [4.78, 5) is 4.07. The maximum Gasteiger partial charge on any atom is 0.268 e. The van der Waals surface area contributed by atoms with Crippen molar-refractivity contribution in [1.29, 1.82) is 0 Å². The summed E-state index contributed by atoms with van der Waals surface area (Å²) in [6.07, 6.45) is 3.43. The maximum atomic E-state index is 13.5. The molecule has 0 atom stereocenters. The number of benzene rings is 2. The molecular weight excluding hydrogens is 428 g/mol. The van der Waals surface area contributed by atoms with Gasteiger partial charge in [-0.05, 0) is 48.9 Å². The van der Waals surface area contributed by atoms with Crippen LogP contribution in [0.2, 0.25) is 0 Å². The topological polar surface area (TPSA) is 107 Å². The summed E-state index contributed by atoms with van der Waals surface area (Å²) in [5, 5.41) is 3.24. The van der Waals surface area contributed by atoms with E-state index in [0.29, 0.717) is 24.6 Å². The van der Waals surface area contributed by atoms with Gasteiger partial charge in [-0.1, -0.05) is 12.1 Å². The highest BCUT2D eigenvalue weighted by Crippen LogP contribution is 2.32. The van der Waals surface area contributed by atoms with Gasteiger partial charge in [0.1, 0.15) is 23.0 Å². The van der Waals surface area contributed by atoms with Gasteiger partial charge in [0.15, 0.2) is 0 Å². The molecule has 0 unspecified atom stereocenters. The largest absolute Gasteiger partial charge is 0.495 e. The minimum Gasteiger partial charge on any atom is -0.495 e. The number of hydrogen-bond acceptors (Lipinski definition) is 7. The molecular formula is C23H28N4O4S. The predicted octanol–water partition coefficient (Wildman–Crippen LogP) is 3.04. The molecule has 8 nitrogen and oxygen atoms in total. The van der Waals surface area contributed by atoms with Crippen molar-refractivity contribution in [2.75, 3.05) is 43.0 Å². The van der Waals surface area contributed by atoms with Crippen LogP contribution in [0.25, 0.3) is 0 Å². The first-order valence-corrected chi connectivity index (χ1v) is 11.6. The lowest BCUT2D eigenvalue weighted by Gasteiger charge is -2.25. The fourth-order valence-corrected chi connectivity index (χ4v) is 4.87. The standard InChI is InChI=1S/C23H28N4O4S/c1-18-15-20(17-21(16-18)31-14-12-26-19-7-10-25-11-8-19)27(13-9-24)32(28,29)23-6-4-3-5-22(23)30-2/h3-8,10-11,15-17H,9,12-14,24H2,1-2H3,(H,25,26). The molecule has 170 valence electrons. The number of methoxy groups -OCH3 is 1. The first-order chi connectivity index (χ1) is 15.5. The molecule has 3 aromatic rings. The minimum atomic E-state index is -3.90. The zero-order chi connectivity index (χ0) is 23.0. The van der Waals surface area contributed by atoms with E-state index in [4.69, 9.17) is 15.2 Å². The van der Waals surface area contributed by atoms with Crippen molar-refractivity contribution in [3.05, 3.63) is 72.6 Å². The van der Waals surface area contributed by atoms with Gasteiger partial charge in [-0.2, -0.15) is 0 Å². The monoisotopic (exact) mass is 456 g/mol. The highest BCUT2D eigenvalue weighted by atomic mass is 32.2. The van der Waals surface area contributed by atoms with E-state index in [1.807, 2.05) is 25.1 Å². The van der Waals surface area contributed by atoms with E-state index in [1.165, 1.54) is 17.5 Å². The van der Waals surface area contributed by atoms with Crippen molar-refractivity contribution in [3.63, 3.8) is 0 Å². The molecule has 0 bridgehead atoms. The number of sulfonamides is 1. The molecule has 0 saturated heterocycles. The number of anilines is 2. The van der Waals surface area contributed by atoms with Gasteiger partial charge >= 0.3 is 0 Å². The molecule has 9 heteroatoms. The molecule has 0 aliphatic carbocycles. The van der Waals surface area contributed by atoms with E-state index in [0.717, 1.165) is 11.3 Å². The third-order valence-corrected chi connectivity index (χ3v) is 6.54. The van der Waals surface area contributed by atoms with Gasteiger partial charge in [-0.3, -0.25) is 9.29 Å². The highest BCUT2D eigenvalue weighted by Gasteiger charge is 2.28. The van der Waals surface area contributed by atoms with Crippen LogP contribution >= 0.6 is 0 Å². The number of para-hydroxylation sites is 1. The van der Waals surface area contributed by atoms with Crippen molar-refractivity contribution < 1.29 is 17.9 Å². The molecule has 3 N–H and O–H groups in total. The van der Waals surface area contributed by atoms with Crippen molar-refractivity contribution in [1.82, 2.24) is 4.98 Å². The normalized spacial score (nSPS) is 11.1. The van der Waals surface area contributed by atoms with Gasteiger partial charge in [-0.15, -0.1) is 0 Å². The molecule has 0 aliphatic rings. The SMILES string of the molecule is COc1ccccc1S(=O)(=O)N(CCN)c1cc(C)cc(OCCNc2ccncc2)c1. The van der Waals surface area contributed by atoms with Crippen LogP contribution in [0.3, 0.4) is 0 Å². The van der Waals surface area contributed by atoms with E-state index >= 15 is 0 Å². The smallest absolute Gasteiger partial charge is 0.268 e. The minimum absolute atomic E-state index is 0.0847. The number of rotatable bonds is 11. The quantitative estimate of drug-likeness (QED) is 0.427. The summed E-state index contributed by atoms with van der Waals surface area (Å²) in [6.45, 7) is 3.16. The van der Waals surface area contributed by atoms with E-state index < -0.39 is 10.0 Å². The molecule has 2 aromatic carbocycles. The van der Waals surface area contributed by atoms with Crippen molar-refractivity contribution in [2.24, 2.45) is 5.73 Å². The van der Waals surface area contributed by atoms with Crippen LogP contribution in [0.1, 0.15) is 5.56 Å². The van der Waals surface area contributed by atoms with E-state index in [1.54, 1.807) is 42.7 Å². The average Bonchev–Trinajstić information content (AvgIpc) is 2.80. The van der Waals surface area contributed by atoms with Crippen LogP contribution in [-0.2, 0) is 10.0 Å². The summed E-state index contributed by atoms with van der Waals surface area (Å²) < 4.78 is 39.4. The molecule has 32 heavy (non-hydrogen) atoms. The number of nitrogens with one attached hydrogen (secondary N) is 1. The molecule has 1 aromatic heterocycles. The predicted molar refractivity (Wildman–Crippen MR) is 126 cm³/mol. The van der Waals surface area contributed by atoms with Crippen molar-refractivity contribution in [3.8, 4) is 11.5 Å². The Morgan fingerprint density at radius 2 is 1.84 bits per heavy atom. The van der Waals surface area contributed by atoms with Crippen LogP contribution in [0.15, 0.2) is 71.9 Å². The van der Waals surface area contributed by atoms with Gasteiger partial charge in [0.05, 0.1) is 12.8 Å². The molecule has 0 aliphatic heterocycles. The van der Waals surface area contributed by atoms with E-state index in [2.05, 4.69) is 10.3 Å². The summed E-state index contributed by atoms with van der Waals surface area (Å²) in [5.74, 6) is 0.856. The van der Waals surface area contributed by atoms with E-state index in [-0.39, 0.29) is 23.7 Å². The lowest BCUT2D eigenvalue weighted by molar-refractivity contribution is 0.333. The van der Waals surface area contributed by atoms with Gasteiger partial charge in [-0.25, -0.2) is 8.42 Å². The summed E-state index contributed by atoms with van der Waals surface area (Å²) >= 11 is 0. The number of ether oxygens (including phenoxy) is 2. The Labute approximate surface area is 189 Å². The lowest BCUT2D eigenvalue weighted by atomic mass is 10.2. The first-order valence-electron chi connectivity index (χ1n) is 10.2. The Morgan fingerprint density at radius 1 is 1.09 bits per heavy atom. The zero-order valence-electron chi connectivity index (χ0n) is 18.2. The Hall–Kier alpha value is -3.30. The zero-order valence-corrected chi connectivity index (χ0v) is 19.0. The number of aryl methyl sites for hydroxylation is 1. The lowest BCUT2D eigenvalue weighted by Crippen LogP contribution is -2.35. The number of aromatic nitrogens is 1. The Balaban J connectivity index is 1.81. The molecule has 0 radical (unpaired) electrons. The van der Waals surface area contributed by atoms with Crippen LogP contribution < -0.4 is 24.8 Å². The third-order valence-electron chi connectivity index (χ3n) is 4.67. The van der Waals surface area contributed by atoms with E-state index in [9.17, 15) is 8.42 Å². The second-order valence-electron chi connectivity index (χ2n) is 7.03. The number of hydrogen-bond donors (Lipinski definition) is 2. The molecule has 0 spiro atoms. The maximum absolute atomic E-state index is 13.5. The van der Waals surface area contributed by atoms with Crippen LogP contribution in [0.4, 0.5) is 11.4 Å². The van der Waals surface area contributed by atoms with Gasteiger partial charge in [0, 0.05) is 43.8 Å². The van der Waals surface area contributed by atoms with Crippen LogP contribution in [0.5, 0.6) is 11.5 Å². The van der Waals surface area contributed by atoms with Gasteiger partial charge in [0.25, 0.3) is 10.0 Å². The Kier molecular flexibility index (Phi) is 7.91. The highest BCUT2D eigenvalue weighted by molar-refractivity contribution is 7.93. The Morgan fingerprint density at radius 3 is 2.56 bits per heavy atom. The van der Waals surface area contributed by atoms with Gasteiger partial charge in [0.2, 0.25) is 0 Å². The van der Waals surface area contributed by atoms with Crippen molar-refractivity contribution in [2.45, 2.75) is 11.8 Å². The summed E-state index contributed by atoms with van der Waals surface area (Å²) in [5.41, 5.74) is 8.07. The van der Waals surface area contributed by atoms with Gasteiger partial charge < -0.3 is 20.5 Å². The van der Waals surface area contributed by atoms with Crippen molar-refractivity contribution >= 4 is 21.4 Å². The third kappa shape index (κ3) is 5.68. The summed E-state index contributed by atoms with van der Waals surface area (Å²) in [7, 11) is -2.45. The fraction of sp³-hybridized carbons (Fsp3) is 0.261. The van der Waals surface area contributed by atoms with Crippen LogP contribution in [0, 0.1) is 6.92 Å². The fourth-order valence-electron chi connectivity index (χ4n) is 3.25. The molecule has 0 amide bonds. The summed E-state index contributed by atoms with van der Waals surface area (Å²) in [6, 6.07) is 15.7. The second kappa shape index (κ2) is 10.8.